The number of benzene rings is 1. The highest BCUT2D eigenvalue weighted by Crippen LogP contribution is 2.41. The molecule has 0 radical (unpaired) electrons. The second kappa shape index (κ2) is 4.40. The average molecular weight is 265 g/mol. The van der Waals surface area contributed by atoms with Crippen LogP contribution in [0.1, 0.15) is 39.2 Å². The van der Waals surface area contributed by atoms with Crippen LogP contribution in [0.25, 0.3) is 0 Å². The molecule has 1 aliphatic rings. The zero-order chi connectivity index (χ0) is 14.4. The predicted octanol–water partition coefficient (Wildman–Crippen LogP) is 1.73. The molecule has 1 saturated heterocycles. The number of nitrogens with two attached hydrogens (primary N) is 1. The van der Waals surface area contributed by atoms with Crippen LogP contribution in [0.4, 0.5) is 0 Å². The molecule has 104 valence electrons. The average Bonchev–Trinajstić information content (AvgIpc) is 2.51. The molecule has 6 heteroatoms. The van der Waals surface area contributed by atoms with Crippen LogP contribution in [0.15, 0.2) is 18.2 Å². The number of aromatic hydroxyl groups is 2. The Hall–Kier alpha value is -1.24. The molecule has 0 saturated carbocycles. The molecule has 0 amide bonds. The van der Waals surface area contributed by atoms with Crippen LogP contribution >= 0.6 is 0 Å². The van der Waals surface area contributed by atoms with E-state index >= 15 is 0 Å². The summed E-state index contributed by atoms with van der Waals surface area (Å²) in [4.78, 5) is 0. The van der Waals surface area contributed by atoms with Crippen LogP contribution in [-0.2, 0) is 9.31 Å². The molecule has 0 unspecified atom stereocenters. The Morgan fingerprint density at radius 3 is 2.16 bits per heavy atom. The largest absolute Gasteiger partial charge is 0.504 e. The maximum Gasteiger partial charge on any atom is 0.480 e. The minimum atomic E-state index is -0.673. The molecule has 1 heterocycles. The highest BCUT2D eigenvalue weighted by Gasteiger charge is 2.53. The van der Waals surface area contributed by atoms with E-state index in [1.165, 1.54) is 6.07 Å². The SMILES string of the molecule is CC1(C)OB([C@H](N)c2cccc(O)c2O)OC1(C)C. The predicted molar refractivity (Wildman–Crippen MR) is 72.8 cm³/mol. The molecule has 4 N–H and O–H groups in total. The molecule has 2 rings (SSSR count). The Balaban J connectivity index is 2.27. The van der Waals surface area contributed by atoms with Crippen molar-refractivity contribution >= 4 is 7.12 Å². The van der Waals surface area contributed by atoms with E-state index < -0.39 is 24.3 Å². The fraction of sp³-hybridized carbons (Fsp3) is 0.538. The molecule has 1 aromatic rings. The molecular formula is C13H20BNO4. The van der Waals surface area contributed by atoms with Crippen molar-refractivity contribution < 1.29 is 19.5 Å². The second-order valence-corrected chi connectivity index (χ2v) is 5.87. The fourth-order valence-electron chi connectivity index (χ4n) is 2.00. The number of para-hydroxylation sites is 1. The van der Waals surface area contributed by atoms with Gasteiger partial charge in [-0.25, -0.2) is 0 Å². The number of phenols is 2. The summed E-state index contributed by atoms with van der Waals surface area (Å²) in [5.74, 6) is -1.11. The van der Waals surface area contributed by atoms with Crippen LogP contribution in [0.5, 0.6) is 11.5 Å². The molecule has 1 aromatic carbocycles. The van der Waals surface area contributed by atoms with Crippen molar-refractivity contribution in [1.29, 1.82) is 0 Å². The highest BCUT2D eigenvalue weighted by atomic mass is 16.7. The van der Waals surface area contributed by atoms with Gasteiger partial charge in [-0.1, -0.05) is 12.1 Å². The third kappa shape index (κ3) is 2.31. The number of rotatable bonds is 2. The van der Waals surface area contributed by atoms with E-state index in [4.69, 9.17) is 15.0 Å². The van der Waals surface area contributed by atoms with Gasteiger partial charge in [0.05, 0.1) is 17.1 Å². The zero-order valence-corrected chi connectivity index (χ0v) is 11.7. The van der Waals surface area contributed by atoms with Crippen molar-refractivity contribution in [3.8, 4) is 11.5 Å². The lowest BCUT2D eigenvalue weighted by atomic mass is 9.74. The lowest BCUT2D eigenvalue weighted by molar-refractivity contribution is 0.00578. The Morgan fingerprint density at radius 1 is 1.11 bits per heavy atom. The summed E-state index contributed by atoms with van der Waals surface area (Å²) in [7, 11) is -0.669. The molecule has 0 bridgehead atoms. The summed E-state index contributed by atoms with van der Waals surface area (Å²) in [6.07, 6.45) is 0. The van der Waals surface area contributed by atoms with Crippen molar-refractivity contribution in [2.24, 2.45) is 5.73 Å². The summed E-state index contributed by atoms with van der Waals surface area (Å²) in [6, 6.07) is 4.66. The molecule has 5 nitrogen and oxygen atoms in total. The Bertz CT molecular complexity index is 474. The maximum atomic E-state index is 9.85. The molecule has 0 spiro atoms. The van der Waals surface area contributed by atoms with Gasteiger partial charge in [0.2, 0.25) is 0 Å². The molecular weight excluding hydrogens is 245 g/mol. The van der Waals surface area contributed by atoms with Crippen LogP contribution in [-0.4, -0.2) is 28.5 Å². The van der Waals surface area contributed by atoms with Crippen LogP contribution < -0.4 is 5.73 Å². The first-order valence-electron chi connectivity index (χ1n) is 6.28. The van der Waals surface area contributed by atoms with E-state index in [2.05, 4.69) is 0 Å². The Kier molecular flexibility index (Phi) is 3.29. The van der Waals surface area contributed by atoms with Crippen LogP contribution in [0.3, 0.4) is 0 Å². The van der Waals surface area contributed by atoms with Crippen LogP contribution in [0, 0.1) is 0 Å². The molecule has 1 aliphatic heterocycles. The van der Waals surface area contributed by atoms with Crippen molar-refractivity contribution in [1.82, 2.24) is 0 Å². The van der Waals surface area contributed by atoms with E-state index in [-0.39, 0.29) is 11.5 Å². The van der Waals surface area contributed by atoms with Gasteiger partial charge in [0, 0.05) is 5.56 Å². The fourth-order valence-corrected chi connectivity index (χ4v) is 2.00. The van der Waals surface area contributed by atoms with Gasteiger partial charge in [-0.2, -0.15) is 0 Å². The van der Waals surface area contributed by atoms with Gasteiger partial charge in [-0.3, -0.25) is 0 Å². The van der Waals surface area contributed by atoms with E-state index in [0.717, 1.165) is 0 Å². The monoisotopic (exact) mass is 265 g/mol. The van der Waals surface area contributed by atoms with Gasteiger partial charge >= 0.3 is 7.12 Å². The standard InChI is InChI=1S/C13H20BNO4/c1-12(2)13(3,4)19-14(18-12)11(15)8-6-5-7-9(16)10(8)17/h5-7,11,16-17H,15H2,1-4H3/t11-/m1/s1. The Labute approximate surface area is 113 Å². The number of phenolic OH excluding ortho intramolecular Hbond substituents is 2. The minimum absolute atomic E-state index is 0.204. The van der Waals surface area contributed by atoms with E-state index in [9.17, 15) is 10.2 Å². The lowest BCUT2D eigenvalue weighted by Gasteiger charge is -2.32. The molecule has 0 aliphatic carbocycles. The van der Waals surface area contributed by atoms with Crippen molar-refractivity contribution in [2.45, 2.75) is 44.8 Å². The maximum absolute atomic E-state index is 9.85. The van der Waals surface area contributed by atoms with Crippen LogP contribution in [0.2, 0.25) is 0 Å². The summed E-state index contributed by atoms with van der Waals surface area (Å²) >= 11 is 0. The molecule has 19 heavy (non-hydrogen) atoms. The van der Waals surface area contributed by atoms with Crippen molar-refractivity contribution in [3.63, 3.8) is 0 Å². The first-order valence-corrected chi connectivity index (χ1v) is 6.28. The third-order valence-electron chi connectivity index (χ3n) is 3.97. The summed E-state index contributed by atoms with van der Waals surface area (Å²) in [6.45, 7) is 7.73. The first kappa shape index (κ1) is 14.2. The molecule has 1 atom stereocenters. The normalized spacial score (nSPS) is 22.5. The third-order valence-corrected chi connectivity index (χ3v) is 3.97. The van der Waals surface area contributed by atoms with Gasteiger partial charge in [0.15, 0.2) is 11.5 Å². The topological polar surface area (TPSA) is 84.9 Å². The van der Waals surface area contributed by atoms with Crippen molar-refractivity contribution in [3.05, 3.63) is 23.8 Å². The van der Waals surface area contributed by atoms with E-state index in [1.807, 2.05) is 27.7 Å². The highest BCUT2D eigenvalue weighted by molar-refractivity contribution is 6.47. The van der Waals surface area contributed by atoms with Gasteiger partial charge < -0.3 is 25.3 Å². The minimum Gasteiger partial charge on any atom is -0.504 e. The number of hydrogen-bond acceptors (Lipinski definition) is 5. The molecule has 0 aromatic heterocycles. The van der Waals surface area contributed by atoms with Gasteiger partial charge in [0.1, 0.15) is 0 Å². The lowest BCUT2D eigenvalue weighted by Crippen LogP contribution is -2.41. The first-order chi connectivity index (χ1) is 8.66. The van der Waals surface area contributed by atoms with Gasteiger partial charge in [-0.15, -0.1) is 0 Å². The van der Waals surface area contributed by atoms with Gasteiger partial charge in [0.25, 0.3) is 0 Å². The van der Waals surface area contributed by atoms with Crippen molar-refractivity contribution in [2.75, 3.05) is 0 Å². The summed E-state index contributed by atoms with van der Waals surface area (Å²) in [5.41, 5.74) is 5.52. The van der Waals surface area contributed by atoms with Gasteiger partial charge in [-0.05, 0) is 33.8 Å². The summed E-state index contributed by atoms with van der Waals surface area (Å²) < 4.78 is 11.7. The quantitative estimate of drug-likeness (QED) is 0.560. The van der Waals surface area contributed by atoms with E-state index in [1.54, 1.807) is 12.1 Å². The second-order valence-electron chi connectivity index (χ2n) is 5.87. The van der Waals surface area contributed by atoms with E-state index in [0.29, 0.717) is 5.56 Å². The summed E-state index contributed by atoms with van der Waals surface area (Å²) in [5, 5.41) is 19.4. The number of hydrogen-bond donors (Lipinski definition) is 3. The Morgan fingerprint density at radius 2 is 1.63 bits per heavy atom. The smallest absolute Gasteiger partial charge is 0.480 e. The molecule has 1 fully saturated rings. The zero-order valence-electron chi connectivity index (χ0n) is 11.7.